The van der Waals surface area contributed by atoms with Gasteiger partial charge in [-0.3, -0.25) is 4.79 Å². The highest BCUT2D eigenvalue weighted by molar-refractivity contribution is 5.94. The molecule has 0 radical (unpaired) electrons. The van der Waals surface area contributed by atoms with Crippen LogP contribution in [0.4, 0.5) is 11.6 Å². The number of carbonyl (C=O) groups is 1. The minimum absolute atomic E-state index is 0.0874. The zero-order valence-corrected chi connectivity index (χ0v) is 15.8. The van der Waals surface area contributed by atoms with Crippen molar-refractivity contribution in [1.29, 1.82) is 0 Å². The number of hydrogen-bond acceptors (Lipinski definition) is 5. The van der Waals surface area contributed by atoms with Crippen molar-refractivity contribution in [2.45, 2.75) is 32.6 Å². The molecule has 0 spiro atoms. The number of nitrogen functional groups attached to an aromatic ring is 1. The van der Waals surface area contributed by atoms with Gasteiger partial charge in [0.25, 0.3) is 5.91 Å². The van der Waals surface area contributed by atoms with Gasteiger partial charge in [0.15, 0.2) is 0 Å². The Hall–Kier alpha value is -2.63. The molecule has 2 N–H and O–H groups in total. The highest BCUT2D eigenvalue weighted by atomic mass is 16.2. The number of rotatable bonds is 2. The van der Waals surface area contributed by atoms with Crippen molar-refractivity contribution >= 4 is 17.5 Å². The molecule has 1 aromatic heterocycles. The summed E-state index contributed by atoms with van der Waals surface area (Å²) in [6, 6.07) is 9.78. The standard InChI is InChI=1S/C20H27N5O/c1-20(2,3)16-7-5-15(6-8-16)19(26)25-10-4-9-24(11-12-25)18-13-17(21)22-14-23-18/h5-8,13-14H,4,9-12H2,1-3H3,(H2,21,22,23). The van der Waals surface area contributed by atoms with Gasteiger partial charge in [-0.25, -0.2) is 9.97 Å². The maximum Gasteiger partial charge on any atom is 0.253 e. The average Bonchev–Trinajstić information content (AvgIpc) is 2.87. The molecule has 138 valence electrons. The van der Waals surface area contributed by atoms with Gasteiger partial charge in [-0.05, 0) is 29.5 Å². The number of benzene rings is 1. The van der Waals surface area contributed by atoms with Crippen molar-refractivity contribution in [2.75, 3.05) is 36.8 Å². The van der Waals surface area contributed by atoms with Gasteiger partial charge in [-0.2, -0.15) is 0 Å². The molecule has 2 aromatic rings. The summed E-state index contributed by atoms with van der Waals surface area (Å²) in [7, 11) is 0. The molecule has 3 rings (SSSR count). The predicted molar refractivity (Wildman–Crippen MR) is 104 cm³/mol. The van der Waals surface area contributed by atoms with E-state index in [1.807, 2.05) is 17.0 Å². The summed E-state index contributed by atoms with van der Waals surface area (Å²) >= 11 is 0. The van der Waals surface area contributed by atoms with Crippen LogP contribution in [0.25, 0.3) is 0 Å². The smallest absolute Gasteiger partial charge is 0.253 e. The molecule has 6 nitrogen and oxygen atoms in total. The van der Waals surface area contributed by atoms with Gasteiger partial charge in [0.05, 0.1) is 0 Å². The third-order valence-electron chi connectivity index (χ3n) is 4.78. The number of hydrogen-bond donors (Lipinski definition) is 1. The molecule has 1 aliphatic rings. The number of anilines is 2. The first-order chi connectivity index (χ1) is 12.3. The highest BCUT2D eigenvalue weighted by Crippen LogP contribution is 2.23. The van der Waals surface area contributed by atoms with Crippen molar-refractivity contribution in [3.63, 3.8) is 0 Å². The monoisotopic (exact) mass is 353 g/mol. The van der Waals surface area contributed by atoms with E-state index in [1.54, 1.807) is 6.07 Å². The fourth-order valence-electron chi connectivity index (χ4n) is 3.18. The van der Waals surface area contributed by atoms with Gasteiger partial charge in [0.2, 0.25) is 0 Å². The topological polar surface area (TPSA) is 75.4 Å². The number of aromatic nitrogens is 2. The van der Waals surface area contributed by atoms with Crippen molar-refractivity contribution in [3.05, 3.63) is 47.8 Å². The SMILES string of the molecule is CC(C)(C)c1ccc(C(=O)N2CCCN(c3cc(N)ncn3)CC2)cc1. The second-order valence-electron chi connectivity index (χ2n) is 7.76. The van der Waals surface area contributed by atoms with Crippen LogP contribution >= 0.6 is 0 Å². The quantitative estimate of drug-likeness (QED) is 0.898. The fourth-order valence-corrected chi connectivity index (χ4v) is 3.18. The molecule has 0 saturated carbocycles. The van der Waals surface area contributed by atoms with E-state index in [1.165, 1.54) is 11.9 Å². The van der Waals surface area contributed by atoms with Crippen molar-refractivity contribution < 1.29 is 4.79 Å². The zero-order chi connectivity index (χ0) is 18.7. The Morgan fingerprint density at radius 1 is 1.04 bits per heavy atom. The molecule has 1 saturated heterocycles. The molecular weight excluding hydrogens is 326 g/mol. The lowest BCUT2D eigenvalue weighted by atomic mass is 9.86. The summed E-state index contributed by atoms with van der Waals surface area (Å²) in [5, 5.41) is 0. The summed E-state index contributed by atoms with van der Waals surface area (Å²) in [6.07, 6.45) is 2.38. The molecule has 1 aromatic carbocycles. The molecule has 1 fully saturated rings. The molecule has 0 atom stereocenters. The van der Waals surface area contributed by atoms with Crippen LogP contribution in [-0.4, -0.2) is 47.0 Å². The minimum atomic E-state index is 0.0874. The summed E-state index contributed by atoms with van der Waals surface area (Å²) in [4.78, 5) is 25.2. The maximum absolute atomic E-state index is 12.9. The Balaban J connectivity index is 1.68. The molecule has 2 heterocycles. The van der Waals surface area contributed by atoms with E-state index in [0.717, 1.165) is 37.4 Å². The molecule has 6 heteroatoms. The van der Waals surface area contributed by atoms with Crippen molar-refractivity contribution in [3.8, 4) is 0 Å². The molecule has 1 aliphatic heterocycles. The van der Waals surface area contributed by atoms with E-state index in [9.17, 15) is 4.79 Å². The van der Waals surface area contributed by atoms with Gasteiger partial charge in [-0.15, -0.1) is 0 Å². The van der Waals surface area contributed by atoms with Crippen LogP contribution < -0.4 is 10.6 Å². The van der Waals surface area contributed by atoms with Gasteiger partial charge in [0.1, 0.15) is 18.0 Å². The number of nitrogens with zero attached hydrogens (tertiary/aromatic N) is 4. The average molecular weight is 353 g/mol. The lowest BCUT2D eigenvalue weighted by molar-refractivity contribution is 0.0767. The molecule has 1 amide bonds. The lowest BCUT2D eigenvalue weighted by Gasteiger charge is -2.23. The first-order valence-corrected chi connectivity index (χ1v) is 9.07. The number of carbonyl (C=O) groups excluding carboxylic acids is 1. The normalized spacial score (nSPS) is 15.7. The predicted octanol–water partition coefficient (Wildman–Crippen LogP) is 2.71. The largest absolute Gasteiger partial charge is 0.384 e. The summed E-state index contributed by atoms with van der Waals surface area (Å²) in [5.74, 6) is 1.38. The van der Waals surface area contributed by atoms with Gasteiger partial charge in [-0.1, -0.05) is 32.9 Å². The van der Waals surface area contributed by atoms with Gasteiger partial charge in [0, 0.05) is 37.8 Å². The Morgan fingerprint density at radius 2 is 1.77 bits per heavy atom. The Kier molecular flexibility index (Phi) is 5.11. The highest BCUT2D eigenvalue weighted by Gasteiger charge is 2.22. The first kappa shape index (κ1) is 18.2. The molecular formula is C20H27N5O. The summed E-state index contributed by atoms with van der Waals surface area (Å²) in [5.41, 5.74) is 7.83. The van der Waals surface area contributed by atoms with Crippen molar-refractivity contribution in [2.24, 2.45) is 0 Å². The fraction of sp³-hybridized carbons (Fsp3) is 0.450. The van der Waals surface area contributed by atoms with Crippen LogP contribution in [0.15, 0.2) is 36.7 Å². The first-order valence-electron chi connectivity index (χ1n) is 9.07. The van der Waals surface area contributed by atoms with Crippen LogP contribution in [0.1, 0.15) is 43.1 Å². The zero-order valence-electron chi connectivity index (χ0n) is 15.8. The van der Waals surface area contributed by atoms with E-state index in [2.05, 4.69) is 47.8 Å². The number of amides is 1. The van der Waals surface area contributed by atoms with E-state index < -0.39 is 0 Å². The van der Waals surface area contributed by atoms with E-state index in [0.29, 0.717) is 12.4 Å². The van der Waals surface area contributed by atoms with E-state index >= 15 is 0 Å². The molecule has 0 bridgehead atoms. The maximum atomic E-state index is 12.9. The van der Waals surface area contributed by atoms with Crippen LogP contribution in [0.2, 0.25) is 0 Å². The molecule has 0 aliphatic carbocycles. The lowest BCUT2D eigenvalue weighted by Crippen LogP contribution is -2.35. The van der Waals surface area contributed by atoms with E-state index in [4.69, 9.17) is 5.73 Å². The minimum Gasteiger partial charge on any atom is -0.384 e. The van der Waals surface area contributed by atoms with Crippen LogP contribution in [0.3, 0.4) is 0 Å². The summed E-state index contributed by atoms with van der Waals surface area (Å²) in [6.45, 7) is 9.53. The third-order valence-corrected chi connectivity index (χ3v) is 4.78. The van der Waals surface area contributed by atoms with Crippen molar-refractivity contribution in [1.82, 2.24) is 14.9 Å². The Labute approximate surface area is 155 Å². The van der Waals surface area contributed by atoms with Crippen LogP contribution in [0.5, 0.6) is 0 Å². The van der Waals surface area contributed by atoms with Gasteiger partial charge >= 0.3 is 0 Å². The summed E-state index contributed by atoms with van der Waals surface area (Å²) < 4.78 is 0. The van der Waals surface area contributed by atoms with E-state index in [-0.39, 0.29) is 11.3 Å². The van der Waals surface area contributed by atoms with Crippen LogP contribution in [-0.2, 0) is 5.41 Å². The number of nitrogens with two attached hydrogens (primary N) is 1. The Bertz CT molecular complexity index is 767. The second kappa shape index (κ2) is 7.32. The van der Waals surface area contributed by atoms with Gasteiger partial charge < -0.3 is 15.5 Å². The third kappa shape index (κ3) is 4.12. The Morgan fingerprint density at radius 3 is 2.42 bits per heavy atom. The molecule has 26 heavy (non-hydrogen) atoms. The van der Waals surface area contributed by atoms with Crippen LogP contribution in [0, 0.1) is 0 Å². The molecule has 0 unspecified atom stereocenters. The second-order valence-corrected chi connectivity index (χ2v) is 7.76.